The third-order valence-electron chi connectivity index (χ3n) is 2.85. The first kappa shape index (κ1) is 17.9. The quantitative estimate of drug-likeness (QED) is 0.422. The van der Waals surface area contributed by atoms with E-state index in [4.69, 9.17) is 9.84 Å². The summed E-state index contributed by atoms with van der Waals surface area (Å²) in [5.41, 5.74) is 0. The van der Waals surface area contributed by atoms with Gasteiger partial charge in [0.05, 0.1) is 19.1 Å². The average Bonchev–Trinajstić information content (AvgIpc) is 2.34. The van der Waals surface area contributed by atoms with Crippen LogP contribution in [-0.4, -0.2) is 34.9 Å². The Kier molecular flexibility index (Phi) is 11.3. The van der Waals surface area contributed by atoms with Crippen LogP contribution in [0.1, 0.15) is 64.7 Å². The Morgan fingerprint density at radius 1 is 1.11 bits per heavy atom. The number of aliphatic hydroxyl groups is 1. The van der Waals surface area contributed by atoms with Gasteiger partial charge in [0, 0.05) is 6.42 Å². The zero-order chi connectivity index (χ0) is 14.5. The van der Waals surface area contributed by atoms with E-state index in [-0.39, 0.29) is 25.2 Å². The Balaban J connectivity index is 3.37. The molecule has 0 radical (unpaired) electrons. The largest absolute Gasteiger partial charge is 0.481 e. The van der Waals surface area contributed by atoms with Crippen molar-refractivity contribution in [3.05, 3.63) is 0 Å². The van der Waals surface area contributed by atoms with Crippen molar-refractivity contribution in [3.63, 3.8) is 0 Å². The fourth-order valence-electron chi connectivity index (χ4n) is 1.73. The highest BCUT2D eigenvalue weighted by molar-refractivity contribution is 5.70. The molecule has 0 amide bonds. The van der Waals surface area contributed by atoms with Gasteiger partial charge in [-0.15, -0.1) is 0 Å². The minimum atomic E-state index is -1.06. The summed E-state index contributed by atoms with van der Waals surface area (Å²) in [5, 5.41) is 17.7. The van der Waals surface area contributed by atoms with Gasteiger partial charge in [0.1, 0.15) is 0 Å². The molecule has 0 heterocycles. The number of rotatable bonds is 12. The molecule has 2 N–H and O–H groups in total. The number of aliphatic carboxylic acids is 1. The summed E-state index contributed by atoms with van der Waals surface area (Å²) in [4.78, 5) is 21.6. The fourth-order valence-corrected chi connectivity index (χ4v) is 1.73. The molecule has 0 aliphatic carbocycles. The molecular weight excluding hydrogens is 248 g/mol. The van der Waals surface area contributed by atoms with E-state index in [1.807, 2.05) is 0 Å². The molecule has 1 unspecified atom stereocenters. The predicted octanol–water partition coefficient (Wildman–Crippen LogP) is 2.51. The monoisotopic (exact) mass is 274 g/mol. The molecule has 0 aromatic rings. The summed E-state index contributed by atoms with van der Waals surface area (Å²) in [6.07, 6.45) is 5.71. The van der Waals surface area contributed by atoms with E-state index < -0.39 is 12.1 Å². The van der Waals surface area contributed by atoms with Crippen molar-refractivity contribution < 1.29 is 24.5 Å². The first-order chi connectivity index (χ1) is 9.06. The van der Waals surface area contributed by atoms with Crippen LogP contribution in [0.2, 0.25) is 0 Å². The van der Waals surface area contributed by atoms with Crippen molar-refractivity contribution >= 4 is 11.9 Å². The van der Waals surface area contributed by atoms with E-state index in [2.05, 4.69) is 6.92 Å². The zero-order valence-electron chi connectivity index (χ0n) is 11.8. The van der Waals surface area contributed by atoms with Gasteiger partial charge in [0.25, 0.3) is 0 Å². The van der Waals surface area contributed by atoms with Crippen molar-refractivity contribution in [2.24, 2.45) is 0 Å². The Hall–Kier alpha value is -1.10. The van der Waals surface area contributed by atoms with Gasteiger partial charge in [-0.3, -0.25) is 9.59 Å². The Bertz CT molecular complexity index is 252. The van der Waals surface area contributed by atoms with E-state index in [0.29, 0.717) is 6.61 Å². The highest BCUT2D eigenvalue weighted by atomic mass is 16.5. The predicted molar refractivity (Wildman–Crippen MR) is 71.8 cm³/mol. The maximum Gasteiger partial charge on any atom is 0.305 e. The number of aliphatic hydroxyl groups excluding tert-OH is 1. The molecule has 112 valence electrons. The van der Waals surface area contributed by atoms with Crippen LogP contribution in [0, 0.1) is 0 Å². The molecule has 0 aromatic heterocycles. The van der Waals surface area contributed by atoms with Gasteiger partial charge in [-0.1, -0.05) is 39.0 Å². The molecule has 0 aromatic carbocycles. The van der Waals surface area contributed by atoms with Gasteiger partial charge >= 0.3 is 11.9 Å². The highest BCUT2D eigenvalue weighted by Gasteiger charge is 2.12. The van der Waals surface area contributed by atoms with E-state index in [0.717, 1.165) is 12.8 Å². The van der Waals surface area contributed by atoms with Crippen LogP contribution >= 0.6 is 0 Å². The maximum atomic E-state index is 11.3. The van der Waals surface area contributed by atoms with Gasteiger partial charge in [-0.2, -0.15) is 0 Å². The Labute approximate surface area is 115 Å². The van der Waals surface area contributed by atoms with Crippen LogP contribution in [0.3, 0.4) is 0 Å². The van der Waals surface area contributed by atoms with Gasteiger partial charge in [0.15, 0.2) is 0 Å². The van der Waals surface area contributed by atoms with Crippen LogP contribution < -0.4 is 0 Å². The second-order valence-electron chi connectivity index (χ2n) is 4.78. The second kappa shape index (κ2) is 12.0. The molecule has 0 aliphatic rings. The van der Waals surface area contributed by atoms with Crippen molar-refractivity contribution in [2.45, 2.75) is 70.8 Å². The number of hydrogen-bond acceptors (Lipinski definition) is 4. The van der Waals surface area contributed by atoms with Gasteiger partial charge < -0.3 is 14.9 Å². The lowest BCUT2D eigenvalue weighted by molar-refractivity contribution is -0.145. The van der Waals surface area contributed by atoms with E-state index >= 15 is 0 Å². The standard InChI is InChI=1S/C14H26O5/c1-2-3-4-5-6-7-10-19-14(18)9-8-12(15)11-13(16)17/h12,15H,2-11H2,1H3,(H,16,17). The molecular formula is C14H26O5. The average molecular weight is 274 g/mol. The number of carbonyl (C=O) groups is 2. The van der Waals surface area contributed by atoms with E-state index in [1.54, 1.807) is 0 Å². The van der Waals surface area contributed by atoms with Crippen LogP contribution in [-0.2, 0) is 14.3 Å². The summed E-state index contributed by atoms with van der Waals surface area (Å²) in [6, 6.07) is 0. The lowest BCUT2D eigenvalue weighted by Crippen LogP contribution is -2.15. The second-order valence-corrected chi connectivity index (χ2v) is 4.78. The number of carbonyl (C=O) groups excluding carboxylic acids is 1. The van der Waals surface area contributed by atoms with E-state index in [1.165, 1.54) is 25.7 Å². The van der Waals surface area contributed by atoms with Crippen molar-refractivity contribution in [3.8, 4) is 0 Å². The van der Waals surface area contributed by atoms with Crippen molar-refractivity contribution in [2.75, 3.05) is 6.61 Å². The van der Waals surface area contributed by atoms with Gasteiger partial charge in [-0.25, -0.2) is 0 Å². The van der Waals surface area contributed by atoms with Crippen LogP contribution in [0.25, 0.3) is 0 Å². The van der Waals surface area contributed by atoms with Crippen molar-refractivity contribution in [1.82, 2.24) is 0 Å². The molecule has 0 aliphatic heterocycles. The molecule has 5 heteroatoms. The molecule has 0 rings (SSSR count). The number of carboxylic acids is 1. The molecule has 0 saturated heterocycles. The smallest absolute Gasteiger partial charge is 0.305 e. The first-order valence-corrected chi connectivity index (χ1v) is 7.11. The lowest BCUT2D eigenvalue weighted by atomic mass is 10.1. The number of ether oxygens (including phenoxy) is 1. The fraction of sp³-hybridized carbons (Fsp3) is 0.857. The van der Waals surface area contributed by atoms with E-state index in [9.17, 15) is 14.7 Å². The molecule has 0 bridgehead atoms. The molecule has 1 atom stereocenters. The third-order valence-corrected chi connectivity index (χ3v) is 2.85. The summed E-state index contributed by atoms with van der Waals surface area (Å²) in [5.74, 6) is -1.43. The molecule has 19 heavy (non-hydrogen) atoms. The lowest BCUT2D eigenvalue weighted by Gasteiger charge is -2.08. The van der Waals surface area contributed by atoms with Crippen LogP contribution in [0.5, 0.6) is 0 Å². The summed E-state index contributed by atoms with van der Waals surface area (Å²) >= 11 is 0. The number of esters is 1. The van der Waals surface area contributed by atoms with Gasteiger partial charge in [0.2, 0.25) is 0 Å². The van der Waals surface area contributed by atoms with Gasteiger partial charge in [-0.05, 0) is 12.8 Å². The minimum absolute atomic E-state index is 0.0737. The normalized spacial score (nSPS) is 12.1. The molecule has 5 nitrogen and oxygen atoms in total. The number of carboxylic acid groups (broad SMARTS) is 1. The SMILES string of the molecule is CCCCCCCCOC(=O)CCC(O)CC(=O)O. The van der Waals surface area contributed by atoms with Crippen molar-refractivity contribution in [1.29, 1.82) is 0 Å². The minimum Gasteiger partial charge on any atom is -0.481 e. The van der Waals surface area contributed by atoms with Crippen LogP contribution in [0.15, 0.2) is 0 Å². The highest BCUT2D eigenvalue weighted by Crippen LogP contribution is 2.06. The summed E-state index contributed by atoms with van der Waals surface area (Å²) in [6.45, 7) is 2.58. The zero-order valence-corrected chi connectivity index (χ0v) is 11.8. The third kappa shape index (κ3) is 13.1. The number of unbranched alkanes of at least 4 members (excludes halogenated alkanes) is 5. The Morgan fingerprint density at radius 2 is 1.74 bits per heavy atom. The summed E-state index contributed by atoms with van der Waals surface area (Å²) < 4.78 is 5.01. The maximum absolute atomic E-state index is 11.3. The van der Waals surface area contributed by atoms with Crippen LogP contribution in [0.4, 0.5) is 0 Å². The molecule has 0 fully saturated rings. The molecule has 0 spiro atoms. The summed E-state index contributed by atoms with van der Waals surface area (Å²) in [7, 11) is 0. The topological polar surface area (TPSA) is 83.8 Å². The first-order valence-electron chi connectivity index (χ1n) is 7.11. The molecule has 0 saturated carbocycles. The Morgan fingerprint density at radius 3 is 2.37 bits per heavy atom. The number of hydrogen-bond donors (Lipinski definition) is 2.